The van der Waals surface area contributed by atoms with Crippen LogP contribution in [0, 0.1) is 17.8 Å². The van der Waals surface area contributed by atoms with Gasteiger partial charge in [-0.2, -0.15) is 0 Å². The molecule has 20 heavy (non-hydrogen) atoms. The molecule has 2 N–H and O–H groups in total. The molecule has 0 saturated carbocycles. The molecule has 0 aromatic carbocycles. The first kappa shape index (κ1) is 15.3. The van der Waals surface area contributed by atoms with Crippen molar-refractivity contribution < 1.29 is 14.6 Å². The van der Waals surface area contributed by atoms with E-state index >= 15 is 0 Å². The summed E-state index contributed by atoms with van der Waals surface area (Å²) < 4.78 is 5.41. The molecule has 4 unspecified atom stereocenters. The summed E-state index contributed by atoms with van der Waals surface area (Å²) in [6, 6.07) is 0. The average Bonchev–Trinajstić information content (AvgIpc) is 2.70. The lowest BCUT2D eigenvalue weighted by atomic mass is 9.86. The largest absolute Gasteiger partial charge is 0.444 e. The molecule has 5 nitrogen and oxygen atoms in total. The van der Waals surface area contributed by atoms with Gasteiger partial charge in [-0.3, -0.25) is 0 Å². The molecule has 0 aromatic heterocycles. The van der Waals surface area contributed by atoms with Crippen LogP contribution in [0.2, 0.25) is 0 Å². The fourth-order valence-electron chi connectivity index (χ4n) is 3.07. The lowest BCUT2D eigenvalue weighted by Gasteiger charge is -2.26. The Balaban J connectivity index is 2.03. The molecule has 1 amide bonds. The zero-order valence-corrected chi connectivity index (χ0v) is 12.6. The quantitative estimate of drug-likeness (QED) is 0.710. The maximum atomic E-state index is 12.1. The van der Waals surface area contributed by atoms with Crippen molar-refractivity contribution in [3.05, 3.63) is 12.7 Å². The number of nitrogens with one attached hydrogen (secondary N) is 1. The normalized spacial score (nSPS) is 34.3. The van der Waals surface area contributed by atoms with Gasteiger partial charge in [-0.05, 0) is 26.7 Å². The summed E-state index contributed by atoms with van der Waals surface area (Å²) in [6.07, 6.45) is 1.07. The van der Waals surface area contributed by atoms with Gasteiger partial charge < -0.3 is 20.1 Å². The highest BCUT2D eigenvalue weighted by molar-refractivity contribution is 5.68. The molecular weight excluding hydrogens is 256 g/mol. The van der Waals surface area contributed by atoms with Crippen LogP contribution in [-0.2, 0) is 4.74 Å². The van der Waals surface area contributed by atoms with Crippen LogP contribution in [0.3, 0.4) is 0 Å². The Morgan fingerprint density at radius 2 is 2.10 bits per heavy atom. The molecule has 2 heterocycles. The zero-order chi connectivity index (χ0) is 14.9. The number of likely N-dealkylation sites (tertiary alicyclic amines) is 1. The molecule has 4 atom stereocenters. The van der Waals surface area contributed by atoms with E-state index in [0.29, 0.717) is 13.1 Å². The van der Waals surface area contributed by atoms with E-state index in [-0.39, 0.29) is 23.8 Å². The molecule has 0 spiro atoms. The number of carbonyl (C=O) groups is 1. The van der Waals surface area contributed by atoms with Crippen LogP contribution in [0.4, 0.5) is 4.79 Å². The van der Waals surface area contributed by atoms with Crippen molar-refractivity contribution in [2.24, 2.45) is 17.8 Å². The molecular formula is C15H26N2O3. The Morgan fingerprint density at radius 1 is 1.40 bits per heavy atom. The number of rotatable bonds is 1. The third kappa shape index (κ3) is 3.33. The summed E-state index contributed by atoms with van der Waals surface area (Å²) >= 11 is 0. The topological polar surface area (TPSA) is 61.8 Å². The van der Waals surface area contributed by atoms with Gasteiger partial charge in [-0.15, -0.1) is 6.58 Å². The number of fused-ring (bicyclic) bond motifs is 1. The fourth-order valence-corrected chi connectivity index (χ4v) is 3.07. The van der Waals surface area contributed by atoms with E-state index in [1.807, 2.05) is 20.8 Å². The van der Waals surface area contributed by atoms with Gasteiger partial charge >= 0.3 is 6.09 Å². The summed E-state index contributed by atoms with van der Waals surface area (Å²) in [5.74, 6) is 0.423. The van der Waals surface area contributed by atoms with Gasteiger partial charge in [0.15, 0.2) is 0 Å². The van der Waals surface area contributed by atoms with E-state index in [4.69, 9.17) is 4.74 Å². The van der Waals surface area contributed by atoms with Crippen molar-refractivity contribution in [1.29, 1.82) is 0 Å². The molecule has 2 rings (SSSR count). The first-order chi connectivity index (χ1) is 9.31. The SMILES string of the molecule is C=CC1CNCC2CN(C(=O)OC(C)(C)C)CC2C1O. The molecule has 0 bridgehead atoms. The molecule has 0 aromatic rings. The standard InChI is InChI=1S/C15H26N2O3/c1-5-10-6-16-7-11-8-17(9-12(11)13(10)18)14(19)20-15(2,3)4/h5,10-13,16,18H,1,6-9H2,2-4H3. The molecule has 0 aliphatic carbocycles. The molecule has 2 saturated heterocycles. The van der Waals surface area contributed by atoms with Crippen molar-refractivity contribution >= 4 is 6.09 Å². The first-order valence-electron chi connectivity index (χ1n) is 7.31. The Bertz CT molecular complexity index is 378. The van der Waals surface area contributed by atoms with E-state index < -0.39 is 11.7 Å². The molecule has 114 valence electrons. The van der Waals surface area contributed by atoms with Crippen molar-refractivity contribution in [3.63, 3.8) is 0 Å². The molecule has 0 radical (unpaired) electrons. The maximum absolute atomic E-state index is 12.1. The molecule has 5 heteroatoms. The van der Waals surface area contributed by atoms with Crippen LogP contribution in [0.5, 0.6) is 0 Å². The third-order valence-electron chi connectivity index (χ3n) is 4.11. The van der Waals surface area contributed by atoms with E-state index in [9.17, 15) is 9.90 Å². The minimum absolute atomic E-state index is 0.0450. The summed E-state index contributed by atoms with van der Waals surface area (Å²) in [5.41, 5.74) is -0.484. The van der Waals surface area contributed by atoms with Gasteiger partial charge in [0.25, 0.3) is 0 Å². The lowest BCUT2D eigenvalue weighted by Crippen LogP contribution is -2.38. The average molecular weight is 282 g/mol. The van der Waals surface area contributed by atoms with Crippen LogP contribution >= 0.6 is 0 Å². The van der Waals surface area contributed by atoms with E-state index in [0.717, 1.165) is 13.1 Å². The van der Waals surface area contributed by atoms with E-state index in [2.05, 4.69) is 11.9 Å². The Hall–Kier alpha value is -1.07. The van der Waals surface area contributed by atoms with Crippen LogP contribution in [0.15, 0.2) is 12.7 Å². The van der Waals surface area contributed by atoms with Crippen molar-refractivity contribution in [3.8, 4) is 0 Å². The number of hydrogen-bond acceptors (Lipinski definition) is 4. The van der Waals surface area contributed by atoms with Crippen molar-refractivity contribution in [2.75, 3.05) is 26.2 Å². The highest BCUT2D eigenvalue weighted by Gasteiger charge is 2.43. The smallest absolute Gasteiger partial charge is 0.410 e. The number of amides is 1. The second kappa shape index (κ2) is 5.74. The summed E-state index contributed by atoms with van der Waals surface area (Å²) in [7, 11) is 0. The zero-order valence-electron chi connectivity index (χ0n) is 12.6. The number of nitrogens with zero attached hydrogens (tertiary/aromatic N) is 1. The molecule has 2 aliphatic rings. The van der Waals surface area contributed by atoms with Gasteiger partial charge in [-0.25, -0.2) is 4.79 Å². The van der Waals surface area contributed by atoms with Gasteiger partial charge in [0.05, 0.1) is 6.10 Å². The molecule has 2 aliphatic heterocycles. The second-order valence-electron chi connectivity index (χ2n) is 6.86. The summed E-state index contributed by atoms with van der Waals surface area (Å²) in [6.45, 7) is 12.2. The number of aliphatic hydroxyl groups is 1. The number of hydrogen-bond donors (Lipinski definition) is 2. The van der Waals surface area contributed by atoms with Crippen molar-refractivity contribution in [2.45, 2.75) is 32.5 Å². The second-order valence-corrected chi connectivity index (χ2v) is 6.86. The summed E-state index contributed by atoms with van der Waals surface area (Å²) in [5, 5.41) is 13.8. The highest BCUT2D eigenvalue weighted by atomic mass is 16.6. The van der Waals surface area contributed by atoms with Gasteiger partial charge in [0.2, 0.25) is 0 Å². The van der Waals surface area contributed by atoms with Gasteiger partial charge in [-0.1, -0.05) is 6.08 Å². The molecule has 2 fully saturated rings. The maximum Gasteiger partial charge on any atom is 0.410 e. The van der Waals surface area contributed by atoms with Crippen LogP contribution in [0.25, 0.3) is 0 Å². The number of ether oxygens (including phenoxy) is 1. The Labute approximate surface area is 121 Å². The van der Waals surface area contributed by atoms with E-state index in [1.54, 1.807) is 11.0 Å². The lowest BCUT2D eigenvalue weighted by molar-refractivity contribution is 0.0253. The van der Waals surface area contributed by atoms with Gasteiger partial charge in [0, 0.05) is 38.0 Å². The van der Waals surface area contributed by atoms with Crippen LogP contribution in [-0.4, -0.2) is 54.0 Å². The number of aliphatic hydroxyl groups excluding tert-OH is 1. The minimum Gasteiger partial charge on any atom is -0.444 e. The predicted molar refractivity (Wildman–Crippen MR) is 77.4 cm³/mol. The highest BCUT2D eigenvalue weighted by Crippen LogP contribution is 2.32. The first-order valence-corrected chi connectivity index (χ1v) is 7.31. The predicted octanol–water partition coefficient (Wildman–Crippen LogP) is 1.24. The van der Waals surface area contributed by atoms with Crippen LogP contribution in [0.1, 0.15) is 20.8 Å². The Morgan fingerprint density at radius 3 is 2.70 bits per heavy atom. The minimum atomic E-state index is -0.484. The van der Waals surface area contributed by atoms with E-state index in [1.165, 1.54) is 0 Å². The van der Waals surface area contributed by atoms with Crippen molar-refractivity contribution in [1.82, 2.24) is 10.2 Å². The van der Waals surface area contributed by atoms with Crippen LogP contribution < -0.4 is 5.32 Å². The Kier molecular flexibility index (Phi) is 4.39. The summed E-state index contributed by atoms with van der Waals surface area (Å²) in [4.78, 5) is 13.8. The monoisotopic (exact) mass is 282 g/mol. The number of carbonyl (C=O) groups excluding carboxylic acids is 1. The van der Waals surface area contributed by atoms with Gasteiger partial charge in [0.1, 0.15) is 5.60 Å². The fraction of sp³-hybridized carbons (Fsp3) is 0.800. The third-order valence-corrected chi connectivity index (χ3v) is 4.11.